The summed E-state index contributed by atoms with van der Waals surface area (Å²) in [4.78, 5) is 10.9. The number of hydrogen-bond acceptors (Lipinski definition) is 4. The molecule has 0 aliphatic rings. The van der Waals surface area contributed by atoms with Crippen LogP contribution in [0.2, 0.25) is 5.02 Å². The number of halogens is 1. The molecule has 7 heteroatoms. The number of carbonyl (C=O) groups excluding carboxylic acids is 1. The molecule has 0 unspecified atom stereocenters. The molecule has 0 atom stereocenters. The standard InChI is InChI=1S/C20H16ClNO4S/c21-18-12-11-16(20(23)24)13-19(18)27(25,26)22(17-9-5-2-6-10-17)14-15-7-3-1-4-8-15/h1-13H,14H2,(H,23,24)/p-1. The summed E-state index contributed by atoms with van der Waals surface area (Å²) < 4.78 is 27.9. The lowest BCUT2D eigenvalue weighted by molar-refractivity contribution is -0.255. The van der Waals surface area contributed by atoms with Gasteiger partial charge >= 0.3 is 0 Å². The largest absolute Gasteiger partial charge is 0.545 e. The van der Waals surface area contributed by atoms with E-state index < -0.39 is 16.0 Å². The highest BCUT2D eigenvalue weighted by molar-refractivity contribution is 7.93. The molecule has 0 amide bonds. The zero-order valence-electron chi connectivity index (χ0n) is 14.1. The van der Waals surface area contributed by atoms with Gasteiger partial charge in [0.1, 0.15) is 4.90 Å². The Hall–Kier alpha value is -2.83. The van der Waals surface area contributed by atoms with Crippen LogP contribution in [0.4, 0.5) is 5.69 Å². The van der Waals surface area contributed by atoms with Gasteiger partial charge in [-0.1, -0.05) is 66.2 Å². The van der Waals surface area contributed by atoms with E-state index >= 15 is 0 Å². The summed E-state index contributed by atoms with van der Waals surface area (Å²) >= 11 is 6.10. The van der Waals surface area contributed by atoms with Crippen molar-refractivity contribution in [2.45, 2.75) is 11.4 Å². The van der Waals surface area contributed by atoms with E-state index in [0.29, 0.717) is 5.69 Å². The first-order chi connectivity index (χ1) is 12.9. The zero-order chi connectivity index (χ0) is 19.4. The monoisotopic (exact) mass is 400 g/mol. The van der Waals surface area contributed by atoms with Crippen molar-refractivity contribution in [2.75, 3.05) is 4.31 Å². The van der Waals surface area contributed by atoms with Crippen molar-refractivity contribution < 1.29 is 18.3 Å². The maximum atomic E-state index is 13.4. The second-order valence-electron chi connectivity index (χ2n) is 5.77. The fourth-order valence-electron chi connectivity index (χ4n) is 2.61. The molecule has 0 spiro atoms. The maximum absolute atomic E-state index is 13.4. The molecule has 0 saturated heterocycles. The molecule has 3 aromatic carbocycles. The van der Waals surface area contributed by atoms with Crippen LogP contribution in [-0.4, -0.2) is 14.4 Å². The third-order valence-electron chi connectivity index (χ3n) is 3.95. The van der Waals surface area contributed by atoms with Gasteiger partial charge in [-0.3, -0.25) is 4.31 Å². The second-order valence-corrected chi connectivity index (χ2v) is 8.00. The highest BCUT2D eigenvalue weighted by Gasteiger charge is 2.28. The van der Waals surface area contributed by atoms with Gasteiger partial charge in [0, 0.05) is 0 Å². The molecule has 0 radical (unpaired) electrons. The van der Waals surface area contributed by atoms with Gasteiger partial charge in [0.15, 0.2) is 0 Å². The van der Waals surface area contributed by atoms with E-state index in [2.05, 4.69) is 0 Å². The number of nitrogens with zero attached hydrogens (tertiary/aromatic N) is 1. The molecule has 0 aliphatic carbocycles. The van der Waals surface area contributed by atoms with Gasteiger partial charge in [0.25, 0.3) is 10.0 Å². The molecule has 0 fully saturated rings. The highest BCUT2D eigenvalue weighted by atomic mass is 35.5. The van der Waals surface area contributed by atoms with Gasteiger partial charge in [-0.2, -0.15) is 0 Å². The van der Waals surface area contributed by atoms with Crippen molar-refractivity contribution in [3.63, 3.8) is 0 Å². The summed E-state index contributed by atoms with van der Waals surface area (Å²) in [7, 11) is -4.13. The second kappa shape index (κ2) is 7.82. The summed E-state index contributed by atoms with van der Waals surface area (Å²) in [5.41, 5.74) is 0.957. The summed E-state index contributed by atoms with van der Waals surface area (Å²) in [6.45, 7) is 0.0685. The molecule has 3 rings (SSSR count). The number of benzene rings is 3. The molecule has 0 N–H and O–H groups in total. The predicted molar refractivity (Wildman–Crippen MR) is 102 cm³/mol. The predicted octanol–water partition coefficient (Wildman–Crippen LogP) is 3.10. The summed E-state index contributed by atoms with van der Waals surface area (Å²) in [6, 6.07) is 21.1. The third-order valence-corrected chi connectivity index (χ3v) is 6.20. The molecule has 0 aliphatic heterocycles. The van der Waals surface area contributed by atoms with Crippen molar-refractivity contribution in [3.8, 4) is 0 Å². The number of carboxylic acids is 1. The Labute approximate surface area is 162 Å². The van der Waals surface area contributed by atoms with Gasteiger partial charge < -0.3 is 9.90 Å². The summed E-state index contributed by atoms with van der Waals surface area (Å²) in [5.74, 6) is -1.47. The van der Waals surface area contributed by atoms with Crippen molar-refractivity contribution in [3.05, 3.63) is 95.0 Å². The van der Waals surface area contributed by atoms with Crippen LogP contribution in [0.1, 0.15) is 15.9 Å². The lowest BCUT2D eigenvalue weighted by Gasteiger charge is -2.25. The molecule has 0 bridgehead atoms. The number of carbonyl (C=O) groups is 1. The van der Waals surface area contributed by atoms with E-state index in [9.17, 15) is 18.3 Å². The smallest absolute Gasteiger partial charge is 0.266 e. The summed E-state index contributed by atoms with van der Waals surface area (Å²) in [6.07, 6.45) is 0. The molecule has 0 aromatic heterocycles. The zero-order valence-corrected chi connectivity index (χ0v) is 15.7. The first kappa shape index (κ1) is 18.9. The molecular formula is C20H15ClNO4S-. The van der Waals surface area contributed by atoms with Gasteiger partial charge in [-0.05, 0) is 35.4 Å². The van der Waals surface area contributed by atoms with E-state index in [1.807, 2.05) is 30.3 Å². The Morgan fingerprint density at radius 3 is 2.11 bits per heavy atom. The molecule has 3 aromatic rings. The van der Waals surface area contributed by atoms with E-state index in [1.54, 1.807) is 30.3 Å². The number of para-hydroxylation sites is 1. The fraction of sp³-hybridized carbons (Fsp3) is 0.0500. The number of hydrogen-bond donors (Lipinski definition) is 0. The lowest BCUT2D eigenvalue weighted by Crippen LogP contribution is -2.31. The highest BCUT2D eigenvalue weighted by Crippen LogP contribution is 2.30. The number of sulfonamides is 1. The van der Waals surface area contributed by atoms with Gasteiger partial charge in [-0.15, -0.1) is 0 Å². The van der Waals surface area contributed by atoms with Crippen LogP contribution in [0.3, 0.4) is 0 Å². The number of anilines is 1. The summed E-state index contributed by atoms with van der Waals surface area (Å²) in [5, 5.41) is 11.1. The van der Waals surface area contributed by atoms with E-state index in [1.165, 1.54) is 16.4 Å². The van der Waals surface area contributed by atoms with Crippen molar-refractivity contribution in [2.24, 2.45) is 0 Å². The molecule has 5 nitrogen and oxygen atoms in total. The Morgan fingerprint density at radius 1 is 0.926 bits per heavy atom. The number of aromatic carboxylic acids is 1. The van der Waals surface area contributed by atoms with Gasteiger partial charge in [0.2, 0.25) is 0 Å². The van der Waals surface area contributed by atoms with Gasteiger partial charge in [0.05, 0.1) is 23.2 Å². The van der Waals surface area contributed by atoms with Crippen LogP contribution in [-0.2, 0) is 16.6 Å². The van der Waals surface area contributed by atoms with Crippen molar-refractivity contribution >= 4 is 33.3 Å². The Bertz CT molecular complexity index is 1050. The molecule has 0 saturated carbocycles. The average molecular weight is 401 g/mol. The van der Waals surface area contributed by atoms with Crippen molar-refractivity contribution in [1.29, 1.82) is 0 Å². The average Bonchev–Trinajstić information content (AvgIpc) is 2.67. The topological polar surface area (TPSA) is 77.5 Å². The van der Waals surface area contributed by atoms with Crippen LogP contribution >= 0.6 is 11.6 Å². The third kappa shape index (κ3) is 4.13. The minimum absolute atomic E-state index is 0.0611. The first-order valence-corrected chi connectivity index (χ1v) is 9.84. The van der Waals surface area contributed by atoms with Crippen LogP contribution in [0.15, 0.2) is 83.8 Å². The number of carboxylic acid groups (broad SMARTS) is 1. The van der Waals surface area contributed by atoms with Crippen molar-refractivity contribution in [1.82, 2.24) is 0 Å². The van der Waals surface area contributed by atoms with Crippen LogP contribution in [0.25, 0.3) is 0 Å². The Morgan fingerprint density at radius 2 is 1.52 bits per heavy atom. The quantitative estimate of drug-likeness (QED) is 0.637. The fourth-order valence-corrected chi connectivity index (χ4v) is 4.56. The van der Waals surface area contributed by atoms with E-state index in [0.717, 1.165) is 11.6 Å². The van der Waals surface area contributed by atoms with E-state index in [4.69, 9.17) is 11.6 Å². The minimum atomic E-state index is -4.13. The molecule has 138 valence electrons. The minimum Gasteiger partial charge on any atom is -0.545 e. The molecule has 27 heavy (non-hydrogen) atoms. The normalized spacial score (nSPS) is 11.1. The maximum Gasteiger partial charge on any atom is 0.266 e. The van der Waals surface area contributed by atoms with Gasteiger partial charge in [-0.25, -0.2) is 8.42 Å². The molecular weight excluding hydrogens is 386 g/mol. The first-order valence-electron chi connectivity index (χ1n) is 8.02. The Kier molecular flexibility index (Phi) is 5.48. The van der Waals surface area contributed by atoms with Crippen LogP contribution in [0.5, 0.6) is 0 Å². The molecule has 0 heterocycles. The Balaban J connectivity index is 2.13. The van der Waals surface area contributed by atoms with E-state index in [-0.39, 0.29) is 22.0 Å². The lowest BCUT2D eigenvalue weighted by atomic mass is 10.2. The van der Waals surface area contributed by atoms with Crippen LogP contribution < -0.4 is 9.41 Å². The van der Waals surface area contributed by atoms with Crippen LogP contribution in [0, 0.1) is 0 Å². The number of rotatable bonds is 6. The SMILES string of the molecule is O=C([O-])c1ccc(Cl)c(S(=O)(=O)N(Cc2ccccc2)c2ccccc2)c1.